The second-order valence-corrected chi connectivity index (χ2v) is 5.66. The summed E-state index contributed by atoms with van der Waals surface area (Å²) in [5.41, 5.74) is 7.43. The van der Waals surface area contributed by atoms with Crippen LogP contribution in [0.25, 0.3) is 0 Å². The number of aliphatic hydroxyl groups excluding tert-OH is 1. The van der Waals surface area contributed by atoms with Crippen LogP contribution in [0, 0.1) is 5.92 Å². The maximum Gasteiger partial charge on any atom is 0.222 e. The first-order valence-electron chi connectivity index (χ1n) is 7.37. The van der Waals surface area contributed by atoms with E-state index in [0.29, 0.717) is 19.0 Å². The minimum absolute atomic E-state index is 0.0991. The molecular formula is C16H24N2O2. The Morgan fingerprint density at radius 2 is 2.15 bits per heavy atom. The van der Waals surface area contributed by atoms with Gasteiger partial charge in [0.1, 0.15) is 0 Å². The maximum atomic E-state index is 11.5. The van der Waals surface area contributed by atoms with E-state index in [2.05, 4.69) is 11.8 Å². The number of primary amides is 1. The van der Waals surface area contributed by atoms with E-state index in [9.17, 15) is 9.90 Å². The molecule has 3 atom stereocenters. The van der Waals surface area contributed by atoms with Crippen molar-refractivity contribution < 1.29 is 9.90 Å². The Hall–Kier alpha value is -1.55. The van der Waals surface area contributed by atoms with Gasteiger partial charge in [-0.05, 0) is 32.3 Å². The number of hydrogen-bond acceptors (Lipinski definition) is 3. The van der Waals surface area contributed by atoms with Gasteiger partial charge in [0.15, 0.2) is 0 Å². The van der Waals surface area contributed by atoms with E-state index in [1.165, 1.54) is 0 Å². The summed E-state index contributed by atoms with van der Waals surface area (Å²) < 4.78 is 0. The third-order valence-corrected chi connectivity index (χ3v) is 4.28. The molecule has 0 spiro atoms. The lowest BCUT2D eigenvalue weighted by Gasteiger charge is -2.40. The third-order valence-electron chi connectivity index (χ3n) is 4.28. The lowest BCUT2D eigenvalue weighted by atomic mass is 9.91. The summed E-state index contributed by atoms with van der Waals surface area (Å²) in [5, 5.41) is 10.2. The summed E-state index contributed by atoms with van der Waals surface area (Å²) in [6.07, 6.45) is 2.01. The SMILES string of the molecule is CC[C@H](O)c1ccccc1N1CC(C(N)=O)CCC1C. The first-order valence-corrected chi connectivity index (χ1v) is 7.37. The van der Waals surface area contributed by atoms with Crippen molar-refractivity contribution in [3.05, 3.63) is 29.8 Å². The quantitative estimate of drug-likeness (QED) is 0.886. The van der Waals surface area contributed by atoms with E-state index < -0.39 is 6.10 Å². The molecule has 2 rings (SSSR count). The molecule has 110 valence electrons. The maximum absolute atomic E-state index is 11.5. The molecule has 0 bridgehead atoms. The van der Waals surface area contributed by atoms with Crippen molar-refractivity contribution >= 4 is 11.6 Å². The molecule has 1 saturated heterocycles. The smallest absolute Gasteiger partial charge is 0.222 e. The van der Waals surface area contributed by atoms with Gasteiger partial charge >= 0.3 is 0 Å². The molecule has 0 aromatic heterocycles. The van der Waals surface area contributed by atoms with Crippen LogP contribution in [0.2, 0.25) is 0 Å². The Morgan fingerprint density at radius 3 is 2.80 bits per heavy atom. The minimum atomic E-state index is -0.465. The van der Waals surface area contributed by atoms with Crippen LogP contribution in [0.5, 0.6) is 0 Å². The van der Waals surface area contributed by atoms with Crippen LogP contribution >= 0.6 is 0 Å². The number of amides is 1. The van der Waals surface area contributed by atoms with Gasteiger partial charge in [0.05, 0.1) is 12.0 Å². The molecule has 1 aliphatic heterocycles. The number of carbonyl (C=O) groups is 1. The van der Waals surface area contributed by atoms with Gasteiger partial charge in [-0.25, -0.2) is 0 Å². The summed E-state index contributed by atoms with van der Waals surface area (Å²) in [6, 6.07) is 8.26. The van der Waals surface area contributed by atoms with Crippen molar-refractivity contribution in [1.29, 1.82) is 0 Å². The Bertz CT molecular complexity index is 475. The average Bonchev–Trinajstić information content (AvgIpc) is 2.46. The van der Waals surface area contributed by atoms with Gasteiger partial charge in [0.25, 0.3) is 0 Å². The zero-order chi connectivity index (χ0) is 14.7. The Labute approximate surface area is 120 Å². The van der Waals surface area contributed by atoms with Crippen LogP contribution in [0.1, 0.15) is 44.8 Å². The molecule has 20 heavy (non-hydrogen) atoms. The highest BCUT2D eigenvalue weighted by Gasteiger charge is 2.30. The summed E-state index contributed by atoms with van der Waals surface area (Å²) in [6.45, 7) is 4.77. The highest BCUT2D eigenvalue weighted by atomic mass is 16.3. The summed E-state index contributed by atoms with van der Waals surface area (Å²) in [7, 11) is 0. The Balaban J connectivity index is 2.31. The minimum Gasteiger partial charge on any atom is -0.388 e. The van der Waals surface area contributed by atoms with Crippen LogP contribution in [0.15, 0.2) is 24.3 Å². The second kappa shape index (κ2) is 6.27. The fraction of sp³-hybridized carbons (Fsp3) is 0.562. The summed E-state index contributed by atoms with van der Waals surface area (Å²) >= 11 is 0. The Kier molecular flexibility index (Phi) is 4.65. The fourth-order valence-corrected chi connectivity index (χ4v) is 2.93. The van der Waals surface area contributed by atoms with E-state index in [1.807, 2.05) is 31.2 Å². The van der Waals surface area contributed by atoms with Crippen molar-refractivity contribution in [2.24, 2.45) is 11.7 Å². The molecule has 3 N–H and O–H groups in total. The van der Waals surface area contributed by atoms with E-state index in [4.69, 9.17) is 5.73 Å². The van der Waals surface area contributed by atoms with Gasteiger partial charge in [0, 0.05) is 23.8 Å². The van der Waals surface area contributed by atoms with Crippen molar-refractivity contribution in [2.45, 2.75) is 45.3 Å². The van der Waals surface area contributed by atoms with Gasteiger partial charge < -0.3 is 15.7 Å². The molecular weight excluding hydrogens is 252 g/mol. The average molecular weight is 276 g/mol. The number of para-hydroxylation sites is 1. The van der Waals surface area contributed by atoms with Crippen molar-refractivity contribution in [1.82, 2.24) is 0 Å². The predicted molar refractivity (Wildman–Crippen MR) is 80.4 cm³/mol. The van der Waals surface area contributed by atoms with E-state index in [1.54, 1.807) is 0 Å². The number of carbonyl (C=O) groups excluding carboxylic acids is 1. The zero-order valence-corrected chi connectivity index (χ0v) is 12.2. The molecule has 0 radical (unpaired) electrons. The third kappa shape index (κ3) is 2.96. The highest BCUT2D eigenvalue weighted by Crippen LogP contribution is 2.33. The first kappa shape index (κ1) is 14.9. The van der Waals surface area contributed by atoms with Gasteiger partial charge in [0.2, 0.25) is 5.91 Å². The van der Waals surface area contributed by atoms with Crippen molar-refractivity contribution in [3.8, 4) is 0 Å². The molecule has 1 aromatic carbocycles. The molecule has 1 amide bonds. The number of hydrogen-bond donors (Lipinski definition) is 2. The lowest BCUT2D eigenvalue weighted by molar-refractivity contribution is -0.122. The molecule has 1 heterocycles. The van der Waals surface area contributed by atoms with E-state index >= 15 is 0 Å². The molecule has 1 aliphatic rings. The number of nitrogens with two attached hydrogens (primary N) is 1. The molecule has 1 aromatic rings. The number of piperidine rings is 1. The Morgan fingerprint density at radius 1 is 1.45 bits per heavy atom. The highest BCUT2D eigenvalue weighted by molar-refractivity contribution is 5.78. The standard InChI is InChI=1S/C16H24N2O2/c1-3-15(19)13-6-4-5-7-14(13)18-10-12(16(17)20)9-8-11(18)2/h4-7,11-12,15,19H,3,8-10H2,1-2H3,(H2,17,20)/t11?,12?,15-/m0/s1. The molecule has 0 saturated carbocycles. The molecule has 4 heteroatoms. The monoisotopic (exact) mass is 276 g/mol. The fourth-order valence-electron chi connectivity index (χ4n) is 2.93. The first-order chi connectivity index (χ1) is 9.54. The molecule has 2 unspecified atom stereocenters. The number of benzene rings is 1. The molecule has 1 fully saturated rings. The van der Waals surface area contributed by atoms with E-state index in [-0.39, 0.29) is 11.8 Å². The van der Waals surface area contributed by atoms with E-state index in [0.717, 1.165) is 24.1 Å². The van der Waals surface area contributed by atoms with Gasteiger partial charge in [-0.3, -0.25) is 4.79 Å². The van der Waals surface area contributed by atoms with Gasteiger partial charge in [-0.1, -0.05) is 25.1 Å². The number of anilines is 1. The van der Waals surface area contributed by atoms with Crippen LogP contribution in [0.4, 0.5) is 5.69 Å². The van der Waals surface area contributed by atoms with Crippen LogP contribution in [0.3, 0.4) is 0 Å². The zero-order valence-electron chi connectivity index (χ0n) is 12.2. The molecule has 4 nitrogen and oxygen atoms in total. The molecule has 0 aliphatic carbocycles. The number of rotatable bonds is 4. The summed E-state index contributed by atoms with van der Waals surface area (Å²) in [5.74, 6) is -0.326. The van der Waals surface area contributed by atoms with Gasteiger partial charge in [-0.2, -0.15) is 0 Å². The van der Waals surface area contributed by atoms with Crippen molar-refractivity contribution in [2.75, 3.05) is 11.4 Å². The number of nitrogens with zero attached hydrogens (tertiary/aromatic N) is 1. The van der Waals surface area contributed by atoms with Crippen molar-refractivity contribution in [3.63, 3.8) is 0 Å². The lowest BCUT2D eigenvalue weighted by Crippen LogP contribution is -2.46. The van der Waals surface area contributed by atoms with Gasteiger partial charge in [-0.15, -0.1) is 0 Å². The topological polar surface area (TPSA) is 66.6 Å². The second-order valence-electron chi connectivity index (χ2n) is 5.66. The number of aliphatic hydroxyl groups is 1. The normalized spacial score (nSPS) is 24.4. The van der Waals surface area contributed by atoms with Crippen LogP contribution < -0.4 is 10.6 Å². The van der Waals surface area contributed by atoms with Crippen LogP contribution in [-0.2, 0) is 4.79 Å². The largest absolute Gasteiger partial charge is 0.388 e. The van der Waals surface area contributed by atoms with Crippen LogP contribution in [-0.4, -0.2) is 23.6 Å². The summed E-state index contributed by atoms with van der Waals surface area (Å²) in [4.78, 5) is 13.7. The predicted octanol–water partition coefficient (Wildman–Crippen LogP) is 2.22.